The molecule has 2 aromatic carbocycles. The van der Waals surface area contributed by atoms with Crippen molar-refractivity contribution in [2.24, 2.45) is 11.8 Å². The van der Waals surface area contributed by atoms with Crippen LogP contribution in [0.3, 0.4) is 0 Å². The summed E-state index contributed by atoms with van der Waals surface area (Å²) in [7, 11) is 0. The number of fused-ring (bicyclic) bond motifs is 1. The fourth-order valence-electron chi connectivity index (χ4n) is 5.32. The van der Waals surface area contributed by atoms with E-state index in [-0.39, 0.29) is 49.1 Å². The Morgan fingerprint density at radius 1 is 1.18 bits per heavy atom. The quantitative estimate of drug-likeness (QED) is 0.665. The molecule has 5 nitrogen and oxygen atoms in total. The molecule has 1 heterocycles. The molecule has 0 bridgehead atoms. The average molecular weight is 464 g/mol. The van der Waals surface area contributed by atoms with Gasteiger partial charge in [-0.05, 0) is 72.0 Å². The van der Waals surface area contributed by atoms with Gasteiger partial charge < -0.3 is 15.4 Å². The maximum absolute atomic E-state index is 13.7. The second-order valence-corrected chi connectivity index (χ2v) is 8.98. The molecule has 2 atom stereocenters. The van der Waals surface area contributed by atoms with E-state index in [1.165, 1.54) is 24.3 Å². The number of rotatable bonds is 6. The van der Waals surface area contributed by atoms with Crippen LogP contribution in [0.1, 0.15) is 25.3 Å². The van der Waals surface area contributed by atoms with E-state index >= 15 is 0 Å². The molecular formula is C27H27F2N3O2. The lowest BCUT2D eigenvalue weighted by Crippen LogP contribution is -2.38. The maximum Gasteiger partial charge on any atom is 0.230 e. The first-order valence-corrected chi connectivity index (χ1v) is 11.6. The number of aliphatic hydroxyl groups is 1. The fourth-order valence-corrected chi connectivity index (χ4v) is 5.32. The molecule has 3 aliphatic rings. The molecule has 0 unspecified atom stereocenters. The SMILES string of the molecule is C[C@H]1C2=CNN(c3ccc(F)cc3)C2=CC2=C1[C@@H](C(=O)N(CCO)Cc1cccc(F)c1)CC2. The number of carbonyl (C=O) groups excluding carboxylic acids is 1. The molecule has 2 aromatic rings. The minimum absolute atomic E-state index is 0.0334. The topological polar surface area (TPSA) is 55.8 Å². The van der Waals surface area contributed by atoms with Crippen LogP contribution < -0.4 is 10.4 Å². The third-order valence-electron chi connectivity index (χ3n) is 6.91. The summed E-state index contributed by atoms with van der Waals surface area (Å²) < 4.78 is 27.1. The Labute approximate surface area is 197 Å². The largest absolute Gasteiger partial charge is 0.395 e. The number of amides is 1. The lowest BCUT2D eigenvalue weighted by atomic mass is 9.80. The molecule has 0 aromatic heterocycles. The van der Waals surface area contributed by atoms with Crippen molar-refractivity contribution in [3.63, 3.8) is 0 Å². The second-order valence-electron chi connectivity index (χ2n) is 8.98. The second kappa shape index (κ2) is 9.06. The van der Waals surface area contributed by atoms with Gasteiger partial charge in [-0.25, -0.2) is 8.78 Å². The highest BCUT2D eigenvalue weighted by molar-refractivity contribution is 5.84. The third-order valence-corrected chi connectivity index (χ3v) is 6.91. The Morgan fingerprint density at radius 2 is 1.97 bits per heavy atom. The zero-order valence-electron chi connectivity index (χ0n) is 19.0. The van der Waals surface area contributed by atoms with Crippen LogP contribution in [0.4, 0.5) is 14.5 Å². The molecule has 5 rings (SSSR count). The molecule has 0 fully saturated rings. The highest BCUT2D eigenvalue weighted by Crippen LogP contribution is 2.48. The van der Waals surface area contributed by atoms with E-state index in [4.69, 9.17) is 0 Å². The van der Waals surface area contributed by atoms with E-state index in [9.17, 15) is 18.7 Å². The van der Waals surface area contributed by atoms with Crippen molar-refractivity contribution in [2.45, 2.75) is 26.3 Å². The number of allylic oxidation sites excluding steroid dienone is 3. The number of halogens is 2. The summed E-state index contributed by atoms with van der Waals surface area (Å²) in [4.78, 5) is 15.3. The number of hydrogen-bond donors (Lipinski definition) is 2. The van der Waals surface area contributed by atoms with Crippen molar-refractivity contribution in [1.82, 2.24) is 10.3 Å². The molecule has 0 spiro atoms. The van der Waals surface area contributed by atoms with Gasteiger partial charge in [0.1, 0.15) is 11.6 Å². The lowest BCUT2D eigenvalue weighted by molar-refractivity contribution is -0.135. The van der Waals surface area contributed by atoms with Gasteiger partial charge in [0.05, 0.1) is 23.9 Å². The number of hydrazine groups is 1. The maximum atomic E-state index is 13.7. The number of benzene rings is 2. The molecule has 0 saturated heterocycles. The van der Waals surface area contributed by atoms with E-state index in [1.54, 1.807) is 29.2 Å². The van der Waals surface area contributed by atoms with Gasteiger partial charge in [0, 0.05) is 30.8 Å². The number of aliphatic hydroxyl groups excluding tert-OH is 1. The standard InChI is InChI=1S/C27H27F2N3O2/c1-17-24-15-30-32(22-8-6-20(28)7-9-22)25(24)14-19-5-10-23(26(17)19)27(34)31(11-12-33)16-18-3-2-4-21(29)13-18/h2-4,6-9,13-15,17,23,30,33H,5,10-12,16H2,1H3/t17-,23-/m0/s1. The molecule has 34 heavy (non-hydrogen) atoms. The van der Waals surface area contributed by atoms with Crippen LogP contribution in [-0.4, -0.2) is 29.1 Å². The number of anilines is 1. The molecule has 2 aliphatic carbocycles. The van der Waals surface area contributed by atoms with Gasteiger partial charge in [-0.2, -0.15) is 0 Å². The van der Waals surface area contributed by atoms with Gasteiger partial charge in [-0.3, -0.25) is 9.80 Å². The minimum atomic E-state index is -0.343. The van der Waals surface area contributed by atoms with Gasteiger partial charge >= 0.3 is 0 Å². The van der Waals surface area contributed by atoms with Crippen LogP contribution in [0.25, 0.3) is 0 Å². The molecule has 176 valence electrons. The van der Waals surface area contributed by atoms with Gasteiger partial charge in [-0.1, -0.05) is 19.1 Å². The number of nitrogens with one attached hydrogen (secondary N) is 1. The van der Waals surface area contributed by atoms with Crippen molar-refractivity contribution in [1.29, 1.82) is 0 Å². The summed E-state index contributed by atoms with van der Waals surface area (Å²) in [5, 5.41) is 11.5. The van der Waals surface area contributed by atoms with Gasteiger partial charge in [0.25, 0.3) is 0 Å². The van der Waals surface area contributed by atoms with E-state index < -0.39 is 0 Å². The smallest absolute Gasteiger partial charge is 0.230 e. The van der Waals surface area contributed by atoms with Gasteiger partial charge in [-0.15, -0.1) is 0 Å². The van der Waals surface area contributed by atoms with Crippen molar-refractivity contribution in [2.75, 3.05) is 18.2 Å². The highest BCUT2D eigenvalue weighted by Gasteiger charge is 2.41. The van der Waals surface area contributed by atoms with E-state index in [2.05, 4.69) is 18.4 Å². The van der Waals surface area contributed by atoms with Crippen LogP contribution in [0.2, 0.25) is 0 Å². The van der Waals surface area contributed by atoms with Gasteiger partial charge in [0.15, 0.2) is 0 Å². The van der Waals surface area contributed by atoms with Crippen molar-refractivity contribution >= 4 is 11.6 Å². The van der Waals surface area contributed by atoms with Crippen LogP contribution >= 0.6 is 0 Å². The van der Waals surface area contributed by atoms with E-state index in [0.717, 1.165) is 34.5 Å². The molecule has 2 N–H and O–H groups in total. The third kappa shape index (κ3) is 4.01. The first kappa shape index (κ1) is 22.3. The van der Waals surface area contributed by atoms with Crippen LogP contribution in [0, 0.1) is 23.5 Å². The zero-order valence-corrected chi connectivity index (χ0v) is 19.0. The predicted octanol–water partition coefficient (Wildman–Crippen LogP) is 4.43. The average Bonchev–Trinajstić information content (AvgIpc) is 3.44. The highest BCUT2D eigenvalue weighted by atomic mass is 19.1. The Balaban J connectivity index is 1.42. The Morgan fingerprint density at radius 3 is 2.71 bits per heavy atom. The summed E-state index contributed by atoms with van der Waals surface area (Å²) in [6.45, 7) is 2.42. The van der Waals surface area contributed by atoms with Crippen molar-refractivity contribution in [3.8, 4) is 0 Å². The molecule has 0 saturated carbocycles. The Hall–Kier alpha value is -3.45. The molecule has 0 radical (unpaired) electrons. The monoisotopic (exact) mass is 463 g/mol. The molecular weight excluding hydrogens is 436 g/mol. The first-order chi connectivity index (χ1) is 16.5. The Kier molecular flexibility index (Phi) is 5.96. The molecule has 1 amide bonds. The first-order valence-electron chi connectivity index (χ1n) is 11.6. The number of hydrogen-bond acceptors (Lipinski definition) is 4. The Bertz CT molecular complexity index is 1200. The van der Waals surface area contributed by atoms with E-state index in [1.807, 2.05) is 11.2 Å². The zero-order chi connectivity index (χ0) is 23.8. The van der Waals surface area contributed by atoms with Crippen LogP contribution in [0.5, 0.6) is 0 Å². The minimum Gasteiger partial charge on any atom is -0.395 e. The van der Waals surface area contributed by atoms with Gasteiger partial charge in [0.2, 0.25) is 5.91 Å². The summed E-state index contributed by atoms with van der Waals surface area (Å²) >= 11 is 0. The lowest BCUT2D eigenvalue weighted by Gasteiger charge is -2.32. The molecule has 1 aliphatic heterocycles. The van der Waals surface area contributed by atoms with Crippen LogP contribution in [-0.2, 0) is 11.3 Å². The number of nitrogens with zero attached hydrogens (tertiary/aromatic N) is 2. The molecule has 7 heteroatoms. The number of carbonyl (C=O) groups is 1. The summed E-state index contributed by atoms with van der Waals surface area (Å²) in [6.07, 6.45) is 5.57. The summed E-state index contributed by atoms with van der Waals surface area (Å²) in [6, 6.07) is 12.6. The summed E-state index contributed by atoms with van der Waals surface area (Å²) in [5.74, 6) is -0.896. The van der Waals surface area contributed by atoms with Crippen molar-refractivity contribution < 1.29 is 18.7 Å². The fraction of sp³-hybridized carbons (Fsp3) is 0.296. The summed E-state index contributed by atoms with van der Waals surface area (Å²) in [5.41, 5.74) is 9.18. The predicted molar refractivity (Wildman–Crippen MR) is 126 cm³/mol. The van der Waals surface area contributed by atoms with Crippen molar-refractivity contribution in [3.05, 3.63) is 100 Å². The normalized spacial score (nSPS) is 21.0. The van der Waals surface area contributed by atoms with E-state index in [0.29, 0.717) is 12.0 Å². The van der Waals surface area contributed by atoms with Crippen LogP contribution in [0.15, 0.2) is 83.2 Å².